The molecule has 0 unspecified atom stereocenters. The van der Waals surface area contributed by atoms with Gasteiger partial charge in [-0.1, -0.05) is 18.6 Å². The molecule has 0 spiro atoms. The van der Waals surface area contributed by atoms with E-state index in [1.807, 2.05) is 36.0 Å². The molecule has 0 saturated heterocycles. The average Bonchev–Trinajstić information content (AvgIpc) is 2.41. The average molecular weight is 281 g/mol. The van der Waals surface area contributed by atoms with Crippen molar-refractivity contribution in [2.75, 3.05) is 33.1 Å². The molecule has 1 saturated carbocycles. The largest absolute Gasteiger partial charge is 0.493 e. The molecule has 0 amide bonds. The van der Waals surface area contributed by atoms with Crippen LogP contribution in [0.25, 0.3) is 0 Å². The number of methoxy groups -OCH3 is 1. The minimum Gasteiger partial charge on any atom is -0.493 e. The molecule has 0 aromatic heterocycles. The zero-order valence-electron chi connectivity index (χ0n) is 11.8. The fourth-order valence-corrected chi connectivity index (χ4v) is 3.25. The Morgan fingerprint density at radius 1 is 1.26 bits per heavy atom. The minimum absolute atomic E-state index is 0.491. The number of rotatable bonds is 8. The summed E-state index contributed by atoms with van der Waals surface area (Å²) in [4.78, 5) is 0. The summed E-state index contributed by atoms with van der Waals surface area (Å²) in [7, 11) is 1.67. The summed E-state index contributed by atoms with van der Waals surface area (Å²) >= 11 is 2.00. The second-order valence-corrected chi connectivity index (χ2v) is 6.19. The van der Waals surface area contributed by atoms with E-state index in [1.165, 1.54) is 19.3 Å². The highest BCUT2D eigenvalue weighted by Crippen LogP contribution is 2.42. The van der Waals surface area contributed by atoms with Crippen molar-refractivity contribution >= 4 is 11.8 Å². The topological polar surface area (TPSA) is 30.5 Å². The SMILES string of the molecule is COc1ccccc1OCCNCC1(SC)CCC1. The molecule has 0 bridgehead atoms. The molecule has 0 aliphatic heterocycles. The Kier molecular flexibility index (Phi) is 5.40. The van der Waals surface area contributed by atoms with E-state index in [9.17, 15) is 0 Å². The third kappa shape index (κ3) is 3.80. The molecule has 1 aromatic carbocycles. The van der Waals surface area contributed by atoms with Gasteiger partial charge in [0.15, 0.2) is 11.5 Å². The maximum atomic E-state index is 5.73. The minimum atomic E-state index is 0.491. The molecule has 106 valence electrons. The van der Waals surface area contributed by atoms with Crippen molar-refractivity contribution in [2.24, 2.45) is 0 Å². The van der Waals surface area contributed by atoms with Gasteiger partial charge in [0.2, 0.25) is 0 Å². The Balaban J connectivity index is 1.66. The lowest BCUT2D eigenvalue weighted by Crippen LogP contribution is -2.44. The van der Waals surface area contributed by atoms with E-state index in [1.54, 1.807) is 7.11 Å². The van der Waals surface area contributed by atoms with Gasteiger partial charge in [-0.3, -0.25) is 0 Å². The highest BCUT2D eigenvalue weighted by molar-refractivity contribution is 8.00. The van der Waals surface area contributed by atoms with E-state index in [4.69, 9.17) is 9.47 Å². The summed E-state index contributed by atoms with van der Waals surface area (Å²) in [6.07, 6.45) is 6.27. The number of hydrogen-bond acceptors (Lipinski definition) is 4. The second kappa shape index (κ2) is 7.06. The van der Waals surface area contributed by atoms with Crippen LogP contribution in [0.3, 0.4) is 0 Å². The highest BCUT2D eigenvalue weighted by Gasteiger charge is 2.35. The van der Waals surface area contributed by atoms with Crippen molar-refractivity contribution in [1.29, 1.82) is 0 Å². The number of benzene rings is 1. The van der Waals surface area contributed by atoms with Gasteiger partial charge in [0.05, 0.1) is 7.11 Å². The summed E-state index contributed by atoms with van der Waals surface area (Å²) < 4.78 is 11.5. The van der Waals surface area contributed by atoms with Crippen LogP contribution in [0.15, 0.2) is 24.3 Å². The standard InChI is InChI=1S/C15H23NO2S/c1-17-13-6-3-4-7-14(13)18-11-10-16-12-15(19-2)8-5-9-15/h3-4,6-7,16H,5,8-12H2,1-2H3. The molecule has 2 rings (SSSR count). The Hall–Kier alpha value is -0.870. The summed E-state index contributed by atoms with van der Waals surface area (Å²) in [6.45, 7) is 2.63. The smallest absolute Gasteiger partial charge is 0.161 e. The van der Waals surface area contributed by atoms with Crippen LogP contribution in [-0.2, 0) is 0 Å². The predicted octanol–water partition coefficient (Wildman–Crippen LogP) is 2.95. The van der Waals surface area contributed by atoms with E-state index in [0.29, 0.717) is 11.4 Å². The molecule has 1 aliphatic carbocycles. The van der Waals surface area contributed by atoms with Gasteiger partial charge in [-0.05, 0) is 31.2 Å². The number of nitrogens with one attached hydrogen (secondary N) is 1. The highest BCUT2D eigenvalue weighted by atomic mass is 32.2. The van der Waals surface area contributed by atoms with E-state index in [-0.39, 0.29) is 0 Å². The maximum Gasteiger partial charge on any atom is 0.161 e. The molecule has 3 nitrogen and oxygen atoms in total. The van der Waals surface area contributed by atoms with Gasteiger partial charge in [0, 0.05) is 17.8 Å². The molecule has 1 aliphatic rings. The molecule has 19 heavy (non-hydrogen) atoms. The zero-order chi connectivity index (χ0) is 13.6. The molecule has 4 heteroatoms. The molecule has 0 radical (unpaired) electrons. The molecule has 0 atom stereocenters. The maximum absolute atomic E-state index is 5.73. The third-order valence-electron chi connectivity index (χ3n) is 3.75. The fourth-order valence-electron chi connectivity index (χ4n) is 2.31. The monoisotopic (exact) mass is 281 g/mol. The van der Waals surface area contributed by atoms with Crippen LogP contribution in [0.2, 0.25) is 0 Å². The first kappa shape index (κ1) is 14.5. The van der Waals surface area contributed by atoms with Crippen LogP contribution in [0.4, 0.5) is 0 Å². The number of para-hydroxylation sites is 2. The summed E-state index contributed by atoms with van der Waals surface area (Å²) in [5.41, 5.74) is 0. The molecule has 1 aromatic rings. The second-order valence-electron chi connectivity index (χ2n) is 4.92. The van der Waals surface area contributed by atoms with Gasteiger partial charge < -0.3 is 14.8 Å². The van der Waals surface area contributed by atoms with Gasteiger partial charge >= 0.3 is 0 Å². The molecular weight excluding hydrogens is 258 g/mol. The van der Waals surface area contributed by atoms with Crippen molar-refractivity contribution in [1.82, 2.24) is 5.32 Å². The number of ether oxygens (including phenoxy) is 2. The van der Waals surface area contributed by atoms with Gasteiger partial charge in [-0.25, -0.2) is 0 Å². The lowest BCUT2D eigenvalue weighted by Gasteiger charge is -2.40. The summed E-state index contributed by atoms with van der Waals surface area (Å²) in [5.74, 6) is 1.61. The first-order valence-electron chi connectivity index (χ1n) is 6.81. The zero-order valence-corrected chi connectivity index (χ0v) is 12.6. The Morgan fingerprint density at radius 3 is 2.58 bits per heavy atom. The van der Waals surface area contributed by atoms with Crippen LogP contribution in [-0.4, -0.2) is 37.8 Å². The normalized spacial score (nSPS) is 16.7. The molecule has 0 heterocycles. The summed E-state index contributed by atoms with van der Waals surface area (Å²) in [5, 5.41) is 3.50. The van der Waals surface area contributed by atoms with Crippen LogP contribution < -0.4 is 14.8 Å². The lowest BCUT2D eigenvalue weighted by molar-refractivity contribution is 0.281. The third-order valence-corrected chi connectivity index (χ3v) is 5.17. The van der Waals surface area contributed by atoms with E-state index in [2.05, 4.69) is 11.6 Å². The van der Waals surface area contributed by atoms with Gasteiger partial charge in [-0.2, -0.15) is 11.8 Å². The van der Waals surface area contributed by atoms with Crippen LogP contribution in [0.1, 0.15) is 19.3 Å². The lowest BCUT2D eigenvalue weighted by atomic mass is 9.84. The Morgan fingerprint density at radius 2 is 2.00 bits per heavy atom. The Labute approximate surface area is 120 Å². The fraction of sp³-hybridized carbons (Fsp3) is 0.600. The number of thioether (sulfide) groups is 1. The van der Waals surface area contributed by atoms with Crippen molar-refractivity contribution < 1.29 is 9.47 Å². The summed E-state index contributed by atoms with van der Waals surface area (Å²) in [6, 6.07) is 7.76. The van der Waals surface area contributed by atoms with Crippen molar-refractivity contribution in [3.05, 3.63) is 24.3 Å². The van der Waals surface area contributed by atoms with E-state index >= 15 is 0 Å². The van der Waals surface area contributed by atoms with Gasteiger partial charge in [0.25, 0.3) is 0 Å². The van der Waals surface area contributed by atoms with Crippen LogP contribution in [0, 0.1) is 0 Å². The number of hydrogen-bond donors (Lipinski definition) is 1. The van der Waals surface area contributed by atoms with Crippen molar-refractivity contribution in [2.45, 2.75) is 24.0 Å². The Bertz CT molecular complexity index is 388. The van der Waals surface area contributed by atoms with Crippen molar-refractivity contribution in [3.63, 3.8) is 0 Å². The van der Waals surface area contributed by atoms with E-state index in [0.717, 1.165) is 24.6 Å². The van der Waals surface area contributed by atoms with Gasteiger partial charge in [-0.15, -0.1) is 0 Å². The molecule has 1 N–H and O–H groups in total. The first-order chi connectivity index (χ1) is 9.29. The predicted molar refractivity (Wildman–Crippen MR) is 81.5 cm³/mol. The quantitative estimate of drug-likeness (QED) is 0.742. The van der Waals surface area contributed by atoms with Crippen molar-refractivity contribution in [3.8, 4) is 11.5 Å². The molecule has 1 fully saturated rings. The molecular formula is C15H23NO2S. The van der Waals surface area contributed by atoms with Gasteiger partial charge in [0.1, 0.15) is 6.61 Å². The van der Waals surface area contributed by atoms with E-state index < -0.39 is 0 Å². The van der Waals surface area contributed by atoms with Crippen LogP contribution >= 0.6 is 11.8 Å². The van der Waals surface area contributed by atoms with Crippen LogP contribution in [0.5, 0.6) is 11.5 Å². The first-order valence-corrected chi connectivity index (χ1v) is 8.04.